The second-order valence-electron chi connectivity index (χ2n) is 4.26. The lowest BCUT2D eigenvalue weighted by molar-refractivity contribution is -0.132. The fraction of sp³-hybridized carbons (Fsp3) is 0.538. The van der Waals surface area contributed by atoms with Gasteiger partial charge in [-0.3, -0.25) is 9.78 Å². The summed E-state index contributed by atoms with van der Waals surface area (Å²) in [4.78, 5) is 18.2. The van der Waals surface area contributed by atoms with Crippen molar-refractivity contribution in [2.75, 3.05) is 0 Å². The third-order valence-electron chi connectivity index (χ3n) is 2.59. The van der Waals surface area contributed by atoms with Crippen LogP contribution in [0.4, 0.5) is 0 Å². The Balaban J connectivity index is 2.77. The molecule has 0 N–H and O–H groups in total. The number of alkyl halides is 1. The van der Waals surface area contributed by atoms with Gasteiger partial charge >= 0.3 is 0 Å². The Morgan fingerprint density at radius 3 is 2.65 bits per heavy atom. The van der Waals surface area contributed by atoms with E-state index in [1.807, 2.05) is 43.9 Å². The first kappa shape index (κ1) is 14.2. The lowest BCUT2D eigenvalue weighted by atomic mass is 10.2. The van der Waals surface area contributed by atoms with Crippen LogP contribution in [0.3, 0.4) is 0 Å². The highest BCUT2D eigenvalue weighted by atomic mass is 79.9. The molecule has 4 heteroatoms. The Bertz CT molecular complexity index is 354. The van der Waals surface area contributed by atoms with Crippen LogP contribution in [-0.4, -0.2) is 26.7 Å². The first-order valence-electron chi connectivity index (χ1n) is 5.90. The van der Waals surface area contributed by atoms with Crippen LogP contribution < -0.4 is 0 Å². The molecule has 1 atom stereocenters. The van der Waals surface area contributed by atoms with Crippen molar-refractivity contribution in [3.8, 4) is 0 Å². The molecule has 0 aromatic carbocycles. The van der Waals surface area contributed by atoms with E-state index in [9.17, 15) is 4.79 Å². The lowest BCUT2D eigenvalue weighted by Gasteiger charge is -2.28. The third kappa shape index (κ3) is 4.11. The van der Waals surface area contributed by atoms with Crippen LogP contribution in [0.1, 0.15) is 32.9 Å². The summed E-state index contributed by atoms with van der Waals surface area (Å²) >= 11 is 3.41. The summed E-state index contributed by atoms with van der Waals surface area (Å²) in [7, 11) is 0. The number of hydrogen-bond acceptors (Lipinski definition) is 2. The van der Waals surface area contributed by atoms with Crippen LogP contribution in [0.2, 0.25) is 0 Å². The van der Waals surface area contributed by atoms with Crippen LogP contribution >= 0.6 is 15.9 Å². The van der Waals surface area contributed by atoms with E-state index in [0.717, 1.165) is 12.1 Å². The molecule has 17 heavy (non-hydrogen) atoms. The number of carbonyl (C=O) groups excluding carboxylic acids is 1. The SMILES string of the molecule is CCC(Br)C(=O)N(Cc1ccccn1)C(C)C. The molecule has 1 amide bonds. The predicted octanol–water partition coefficient (Wildman–Crippen LogP) is 2.99. The number of halogens is 1. The van der Waals surface area contributed by atoms with Crippen LogP contribution in [0.15, 0.2) is 24.4 Å². The van der Waals surface area contributed by atoms with Crippen molar-refractivity contribution >= 4 is 21.8 Å². The van der Waals surface area contributed by atoms with Gasteiger partial charge in [-0.2, -0.15) is 0 Å². The van der Waals surface area contributed by atoms with E-state index in [1.54, 1.807) is 6.20 Å². The van der Waals surface area contributed by atoms with Gasteiger partial charge in [0.1, 0.15) is 0 Å². The van der Waals surface area contributed by atoms with Crippen molar-refractivity contribution in [3.63, 3.8) is 0 Å². The van der Waals surface area contributed by atoms with E-state index in [4.69, 9.17) is 0 Å². The number of pyridine rings is 1. The normalized spacial score (nSPS) is 12.5. The molecule has 1 heterocycles. The second-order valence-corrected chi connectivity index (χ2v) is 5.36. The summed E-state index contributed by atoms with van der Waals surface area (Å²) in [5, 5.41) is 0. The number of carbonyl (C=O) groups is 1. The maximum absolute atomic E-state index is 12.2. The highest BCUT2D eigenvalue weighted by Crippen LogP contribution is 2.14. The molecule has 0 radical (unpaired) electrons. The predicted molar refractivity (Wildman–Crippen MR) is 72.9 cm³/mol. The number of hydrogen-bond donors (Lipinski definition) is 0. The van der Waals surface area contributed by atoms with E-state index in [1.165, 1.54) is 0 Å². The Morgan fingerprint density at radius 2 is 2.18 bits per heavy atom. The molecule has 3 nitrogen and oxygen atoms in total. The molecule has 1 rings (SSSR count). The van der Waals surface area contributed by atoms with Crippen LogP contribution in [-0.2, 0) is 11.3 Å². The van der Waals surface area contributed by atoms with E-state index in [0.29, 0.717) is 6.54 Å². The van der Waals surface area contributed by atoms with Gasteiger partial charge in [0.2, 0.25) is 5.91 Å². The smallest absolute Gasteiger partial charge is 0.236 e. The molecule has 1 aromatic rings. The molecule has 0 aliphatic heterocycles. The van der Waals surface area contributed by atoms with Crippen molar-refractivity contribution in [2.45, 2.75) is 44.6 Å². The van der Waals surface area contributed by atoms with Crippen molar-refractivity contribution in [2.24, 2.45) is 0 Å². The summed E-state index contributed by atoms with van der Waals surface area (Å²) < 4.78 is 0. The largest absolute Gasteiger partial charge is 0.333 e. The van der Waals surface area contributed by atoms with E-state index < -0.39 is 0 Å². The highest BCUT2D eigenvalue weighted by Gasteiger charge is 2.23. The monoisotopic (exact) mass is 298 g/mol. The molecule has 0 fully saturated rings. The summed E-state index contributed by atoms with van der Waals surface area (Å²) in [6.07, 6.45) is 2.55. The van der Waals surface area contributed by atoms with Crippen LogP contribution in [0, 0.1) is 0 Å². The molecule has 94 valence electrons. The zero-order chi connectivity index (χ0) is 12.8. The van der Waals surface area contributed by atoms with Crippen molar-refractivity contribution in [1.82, 2.24) is 9.88 Å². The Morgan fingerprint density at radius 1 is 1.47 bits per heavy atom. The fourth-order valence-electron chi connectivity index (χ4n) is 1.54. The standard InChI is InChI=1S/C13H19BrN2O/c1-4-12(14)13(17)16(10(2)3)9-11-7-5-6-8-15-11/h5-8,10,12H,4,9H2,1-3H3. The number of rotatable bonds is 5. The third-order valence-corrected chi connectivity index (χ3v) is 3.63. The first-order valence-corrected chi connectivity index (χ1v) is 6.82. The molecule has 0 aliphatic carbocycles. The minimum absolute atomic E-state index is 0.103. The van der Waals surface area contributed by atoms with Gasteiger partial charge in [-0.25, -0.2) is 0 Å². The second kappa shape index (κ2) is 6.74. The van der Waals surface area contributed by atoms with Gasteiger partial charge in [-0.05, 0) is 32.4 Å². The van der Waals surface area contributed by atoms with Gasteiger partial charge in [-0.15, -0.1) is 0 Å². The van der Waals surface area contributed by atoms with Crippen LogP contribution in [0.25, 0.3) is 0 Å². The molecule has 0 spiro atoms. The van der Waals surface area contributed by atoms with Crippen molar-refractivity contribution in [3.05, 3.63) is 30.1 Å². The van der Waals surface area contributed by atoms with Crippen LogP contribution in [0.5, 0.6) is 0 Å². The minimum Gasteiger partial charge on any atom is -0.333 e. The summed E-state index contributed by atoms with van der Waals surface area (Å²) in [5.74, 6) is 0.133. The maximum Gasteiger partial charge on any atom is 0.236 e. The van der Waals surface area contributed by atoms with Gasteiger partial charge < -0.3 is 4.90 Å². The Kier molecular flexibility index (Phi) is 5.62. The molecule has 0 bridgehead atoms. The van der Waals surface area contributed by atoms with E-state index in [-0.39, 0.29) is 16.8 Å². The van der Waals surface area contributed by atoms with Crippen molar-refractivity contribution < 1.29 is 4.79 Å². The van der Waals surface area contributed by atoms with Gasteiger partial charge in [0.05, 0.1) is 17.1 Å². The number of amides is 1. The Labute approximate surface area is 111 Å². The summed E-state index contributed by atoms with van der Waals surface area (Å²) in [5.41, 5.74) is 0.922. The first-order chi connectivity index (χ1) is 8.06. The molecule has 1 aromatic heterocycles. The zero-order valence-corrected chi connectivity index (χ0v) is 12.1. The average molecular weight is 299 g/mol. The quantitative estimate of drug-likeness (QED) is 0.783. The van der Waals surface area contributed by atoms with Gasteiger partial charge in [0.15, 0.2) is 0 Å². The average Bonchev–Trinajstić information content (AvgIpc) is 2.35. The molecule has 0 saturated heterocycles. The van der Waals surface area contributed by atoms with Gasteiger partial charge in [0, 0.05) is 12.2 Å². The molecule has 0 saturated carbocycles. The zero-order valence-electron chi connectivity index (χ0n) is 10.6. The topological polar surface area (TPSA) is 33.2 Å². The maximum atomic E-state index is 12.2. The Hall–Kier alpha value is -0.900. The molecule has 0 aliphatic rings. The minimum atomic E-state index is -0.103. The number of aromatic nitrogens is 1. The molecule has 1 unspecified atom stereocenters. The summed E-state index contributed by atoms with van der Waals surface area (Å²) in [6, 6.07) is 5.94. The highest BCUT2D eigenvalue weighted by molar-refractivity contribution is 9.10. The summed E-state index contributed by atoms with van der Waals surface area (Å²) in [6.45, 7) is 6.61. The van der Waals surface area contributed by atoms with E-state index in [2.05, 4.69) is 20.9 Å². The van der Waals surface area contributed by atoms with Crippen molar-refractivity contribution in [1.29, 1.82) is 0 Å². The molecular weight excluding hydrogens is 280 g/mol. The fourth-order valence-corrected chi connectivity index (χ4v) is 1.80. The molecular formula is C13H19BrN2O. The lowest BCUT2D eigenvalue weighted by Crippen LogP contribution is -2.40. The number of nitrogens with zero attached hydrogens (tertiary/aromatic N) is 2. The van der Waals surface area contributed by atoms with Gasteiger partial charge in [0.25, 0.3) is 0 Å². The van der Waals surface area contributed by atoms with Gasteiger partial charge in [-0.1, -0.05) is 28.9 Å². The van der Waals surface area contributed by atoms with E-state index >= 15 is 0 Å².